The van der Waals surface area contributed by atoms with Crippen LogP contribution in [0.15, 0.2) is 89.8 Å². The highest BCUT2D eigenvalue weighted by Crippen LogP contribution is 2.36. The molecule has 37 heavy (non-hydrogen) atoms. The van der Waals surface area contributed by atoms with Crippen molar-refractivity contribution in [3.63, 3.8) is 0 Å². The fraction of sp³-hybridized carbons (Fsp3) is 0.138. The van der Waals surface area contributed by atoms with E-state index in [-0.39, 0.29) is 18.1 Å². The summed E-state index contributed by atoms with van der Waals surface area (Å²) in [7, 11) is 1.25. The average molecular weight is 517 g/mol. The lowest BCUT2D eigenvalue weighted by Gasteiger charge is -2.21. The molecule has 0 bridgehead atoms. The van der Waals surface area contributed by atoms with E-state index in [1.807, 2.05) is 31.2 Å². The summed E-state index contributed by atoms with van der Waals surface area (Å²) in [4.78, 5) is 39.5. The molecule has 0 saturated carbocycles. The number of ether oxygens (including phenoxy) is 2. The molecule has 0 saturated heterocycles. The molecular weight excluding hydrogens is 492 g/mol. The van der Waals surface area contributed by atoms with Crippen molar-refractivity contribution in [3.8, 4) is 5.75 Å². The minimum atomic E-state index is -0.678. The summed E-state index contributed by atoms with van der Waals surface area (Å²) in [5, 5.41) is 3.24. The van der Waals surface area contributed by atoms with Crippen molar-refractivity contribution in [1.82, 2.24) is 0 Å². The van der Waals surface area contributed by atoms with Gasteiger partial charge < -0.3 is 19.7 Å². The van der Waals surface area contributed by atoms with Crippen molar-refractivity contribution in [1.29, 1.82) is 0 Å². The van der Waals surface area contributed by atoms with E-state index < -0.39 is 11.8 Å². The number of carbonyl (C=O) groups excluding carboxylic acids is 3. The number of hydrogen-bond donors (Lipinski definition) is 1. The number of ketones is 1. The monoisotopic (exact) mass is 516 g/mol. The highest BCUT2D eigenvalue weighted by Gasteiger charge is 2.38. The lowest BCUT2D eigenvalue weighted by Crippen LogP contribution is -2.20. The molecule has 0 atom stereocenters. The minimum Gasteiger partial charge on any atom is -0.484 e. The van der Waals surface area contributed by atoms with Gasteiger partial charge in [-0.05, 0) is 68.0 Å². The van der Waals surface area contributed by atoms with Gasteiger partial charge in [0.15, 0.2) is 6.61 Å². The van der Waals surface area contributed by atoms with Gasteiger partial charge in [-0.25, -0.2) is 4.79 Å². The first-order valence-electron chi connectivity index (χ1n) is 11.5. The molecule has 3 aromatic carbocycles. The number of carbonyl (C=O) groups is 3. The lowest BCUT2D eigenvalue weighted by atomic mass is 10.1. The van der Waals surface area contributed by atoms with Crippen LogP contribution in [0.25, 0.3) is 6.08 Å². The van der Waals surface area contributed by atoms with Gasteiger partial charge in [-0.15, -0.1) is 0 Å². The lowest BCUT2D eigenvalue weighted by molar-refractivity contribution is -0.137. The molecule has 0 fully saturated rings. The SMILES string of the molecule is COC(=O)C1=C(C)N(c2ccc(C)cc2)/C(=C\c2ccc(OCC(=O)Nc3cccc(Cl)c3)cc2)C1=O. The number of rotatable bonds is 7. The average Bonchev–Trinajstić information content (AvgIpc) is 3.12. The number of benzene rings is 3. The molecule has 1 aliphatic heterocycles. The molecule has 0 aliphatic carbocycles. The van der Waals surface area contributed by atoms with Crippen LogP contribution in [0.3, 0.4) is 0 Å². The van der Waals surface area contributed by atoms with Crippen LogP contribution in [0.4, 0.5) is 11.4 Å². The van der Waals surface area contributed by atoms with E-state index in [1.165, 1.54) is 7.11 Å². The number of halogens is 1. The van der Waals surface area contributed by atoms with E-state index in [1.54, 1.807) is 66.4 Å². The molecule has 0 spiro atoms. The maximum absolute atomic E-state index is 13.2. The number of nitrogens with zero attached hydrogens (tertiary/aromatic N) is 1. The van der Waals surface area contributed by atoms with E-state index in [9.17, 15) is 14.4 Å². The molecule has 7 nitrogen and oxygen atoms in total. The van der Waals surface area contributed by atoms with Gasteiger partial charge in [-0.2, -0.15) is 0 Å². The Bertz CT molecular complexity index is 1410. The second-order valence-corrected chi connectivity index (χ2v) is 8.83. The number of anilines is 2. The second-order valence-electron chi connectivity index (χ2n) is 8.40. The Morgan fingerprint density at radius 3 is 2.35 bits per heavy atom. The maximum atomic E-state index is 13.2. The number of esters is 1. The van der Waals surface area contributed by atoms with Crippen molar-refractivity contribution >= 4 is 46.7 Å². The zero-order chi connectivity index (χ0) is 26.5. The maximum Gasteiger partial charge on any atom is 0.343 e. The minimum absolute atomic E-state index is 0.00000513. The highest BCUT2D eigenvalue weighted by atomic mass is 35.5. The van der Waals surface area contributed by atoms with Gasteiger partial charge in [0.05, 0.1) is 12.8 Å². The molecule has 188 valence electrons. The van der Waals surface area contributed by atoms with Crippen molar-refractivity contribution in [2.75, 3.05) is 23.9 Å². The molecule has 0 aromatic heterocycles. The Morgan fingerprint density at radius 1 is 1.00 bits per heavy atom. The number of methoxy groups -OCH3 is 1. The normalized spacial score (nSPS) is 14.2. The van der Waals surface area contributed by atoms with Crippen LogP contribution in [-0.4, -0.2) is 31.4 Å². The predicted octanol–water partition coefficient (Wildman–Crippen LogP) is 5.54. The van der Waals surface area contributed by atoms with Crippen LogP contribution in [0, 0.1) is 6.92 Å². The van der Waals surface area contributed by atoms with E-state index in [0.717, 1.165) is 16.8 Å². The van der Waals surface area contributed by atoms with Crippen LogP contribution >= 0.6 is 11.6 Å². The van der Waals surface area contributed by atoms with Crippen LogP contribution in [0.1, 0.15) is 18.1 Å². The summed E-state index contributed by atoms with van der Waals surface area (Å²) in [5.41, 5.74) is 3.96. The Kier molecular flexibility index (Phi) is 7.74. The molecule has 4 rings (SSSR count). The van der Waals surface area contributed by atoms with Crippen molar-refractivity contribution in [2.24, 2.45) is 0 Å². The van der Waals surface area contributed by atoms with Crippen molar-refractivity contribution < 1.29 is 23.9 Å². The molecule has 1 heterocycles. The number of nitrogens with one attached hydrogen (secondary N) is 1. The van der Waals surface area contributed by atoms with Gasteiger partial charge in [0.2, 0.25) is 5.78 Å². The van der Waals surface area contributed by atoms with Crippen LogP contribution < -0.4 is 15.0 Å². The second kappa shape index (κ2) is 11.1. The molecule has 0 unspecified atom stereocenters. The first kappa shape index (κ1) is 25.7. The topological polar surface area (TPSA) is 84.9 Å². The largest absolute Gasteiger partial charge is 0.484 e. The summed E-state index contributed by atoms with van der Waals surface area (Å²) >= 11 is 5.94. The van der Waals surface area contributed by atoms with E-state index in [0.29, 0.717) is 27.9 Å². The van der Waals surface area contributed by atoms with Crippen LogP contribution in [-0.2, 0) is 19.1 Å². The third-order valence-corrected chi connectivity index (χ3v) is 5.98. The van der Waals surface area contributed by atoms with Gasteiger partial charge in [-0.1, -0.05) is 47.5 Å². The van der Waals surface area contributed by atoms with E-state index >= 15 is 0 Å². The first-order valence-corrected chi connectivity index (χ1v) is 11.9. The Balaban J connectivity index is 1.51. The standard InChI is InChI=1S/C29H25ClN2O5/c1-18-7-11-23(12-8-18)32-19(2)27(29(35)36-3)28(34)25(32)15-20-9-13-24(14-10-20)37-17-26(33)31-22-6-4-5-21(30)16-22/h4-16H,17H2,1-3H3,(H,31,33)/b25-15-. The quantitative estimate of drug-likeness (QED) is 0.252. The summed E-state index contributed by atoms with van der Waals surface area (Å²) in [6.45, 7) is 3.51. The molecular formula is C29H25ClN2O5. The summed E-state index contributed by atoms with van der Waals surface area (Å²) in [6.07, 6.45) is 1.71. The molecule has 0 radical (unpaired) electrons. The van der Waals surface area contributed by atoms with Crippen molar-refractivity contribution in [2.45, 2.75) is 13.8 Å². The number of hydrogen-bond acceptors (Lipinski definition) is 6. The number of Topliss-reactive ketones (excluding diaryl/α,β-unsaturated/α-hetero) is 1. The van der Waals surface area contributed by atoms with E-state index in [2.05, 4.69) is 5.32 Å². The summed E-state index contributed by atoms with van der Waals surface area (Å²) < 4.78 is 10.4. The fourth-order valence-electron chi connectivity index (χ4n) is 3.92. The molecule has 3 aromatic rings. The smallest absolute Gasteiger partial charge is 0.343 e. The van der Waals surface area contributed by atoms with Gasteiger partial charge >= 0.3 is 5.97 Å². The Labute approximate surface area is 219 Å². The van der Waals surface area contributed by atoms with Crippen LogP contribution in [0.5, 0.6) is 5.75 Å². The van der Waals surface area contributed by atoms with Gasteiger partial charge in [0.1, 0.15) is 11.3 Å². The first-order chi connectivity index (χ1) is 17.8. The summed E-state index contributed by atoms with van der Waals surface area (Å²) in [5.74, 6) is -0.928. The van der Waals surface area contributed by atoms with Gasteiger partial charge in [0, 0.05) is 22.1 Å². The van der Waals surface area contributed by atoms with Crippen molar-refractivity contribution in [3.05, 3.63) is 106 Å². The third kappa shape index (κ3) is 5.90. The Morgan fingerprint density at radius 2 is 1.70 bits per heavy atom. The number of amides is 1. The molecule has 8 heteroatoms. The molecule has 1 aliphatic rings. The van der Waals surface area contributed by atoms with Crippen LogP contribution in [0.2, 0.25) is 5.02 Å². The Hall–Kier alpha value is -4.36. The zero-order valence-electron chi connectivity index (χ0n) is 20.6. The zero-order valence-corrected chi connectivity index (χ0v) is 21.3. The predicted molar refractivity (Wildman–Crippen MR) is 143 cm³/mol. The molecule has 1 amide bonds. The van der Waals surface area contributed by atoms with E-state index in [4.69, 9.17) is 21.1 Å². The molecule has 1 N–H and O–H groups in total. The number of aryl methyl sites for hydroxylation is 1. The third-order valence-electron chi connectivity index (χ3n) is 5.74. The van der Waals surface area contributed by atoms with Gasteiger partial charge in [0.25, 0.3) is 5.91 Å². The van der Waals surface area contributed by atoms with Gasteiger partial charge in [-0.3, -0.25) is 9.59 Å². The summed E-state index contributed by atoms with van der Waals surface area (Å²) in [6, 6.07) is 21.5. The number of allylic oxidation sites excluding steroid dienone is 2. The fourth-order valence-corrected chi connectivity index (χ4v) is 4.11. The highest BCUT2D eigenvalue weighted by molar-refractivity contribution is 6.31.